The van der Waals surface area contributed by atoms with Crippen molar-refractivity contribution in [1.29, 1.82) is 0 Å². The Labute approximate surface area is 95.1 Å². The van der Waals surface area contributed by atoms with Gasteiger partial charge in [0.05, 0.1) is 0 Å². The van der Waals surface area contributed by atoms with Gasteiger partial charge in [-0.3, -0.25) is 9.69 Å². The fourth-order valence-electron chi connectivity index (χ4n) is 1.01. The number of thiazole rings is 1. The first-order valence-corrected chi connectivity index (χ1v) is 5.28. The summed E-state index contributed by atoms with van der Waals surface area (Å²) in [5.41, 5.74) is 5.28. The largest absolute Gasteiger partial charge is 0.480 e. The molecule has 0 aliphatic carbocycles. The van der Waals surface area contributed by atoms with Crippen molar-refractivity contribution in [3.8, 4) is 0 Å². The fraction of sp³-hybridized carbons (Fsp3) is 0.375. The number of hydrogen-bond donors (Lipinski definition) is 3. The van der Waals surface area contributed by atoms with Crippen molar-refractivity contribution < 1.29 is 19.8 Å². The molecule has 0 aromatic carbocycles. The molecule has 1 rings (SSSR count). The van der Waals surface area contributed by atoms with E-state index in [0.717, 1.165) is 4.90 Å². The average molecular weight is 245 g/mol. The van der Waals surface area contributed by atoms with E-state index in [-0.39, 0.29) is 13.0 Å². The van der Waals surface area contributed by atoms with Crippen molar-refractivity contribution in [3.05, 3.63) is 11.6 Å². The Morgan fingerprint density at radius 2 is 2.25 bits per heavy atom. The third-order valence-electron chi connectivity index (χ3n) is 1.86. The van der Waals surface area contributed by atoms with Gasteiger partial charge in [0.2, 0.25) is 0 Å². The van der Waals surface area contributed by atoms with Crippen LogP contribution in [0.25, 0.3) is 0 Å². The van der Waals surface area contributed by atoms with Gasteiger partial charge in [-0.05, 0) is 6.42 Å². The summed E-state index contributed by atoms with van der Waals surface area (Å²) in [6.45, 7) is 0.0102. The van der Waals surface area contributed by atoms with Gasteiger partial charge in [0.25, 0.3) is 0 Å². The molecule has 1 amide bonds. The maximum absolute atomic E-state index is 10.9. The van der Waals surface area contributed by atoms with Crippen molar-refractivity contribution in [3.63, 3.8) is 0 Å². The van der Waals surface area contributed by atoms with Crippen LogP contribution in [-0.2, 0) is 4.79 Å². The van der Waals surface area contributed by atoms with Crippen molar-refractivity contribution in [2.45, 2.75) is 12.5 Å². The second-order valence-corrected chi connectivity index (χ2v) is 3.86. The highest BCUT2D eigenvalue weighted by Gasteiger charge is 2.19. The first-order valence-electron chi connectivity index (χ1n) is 4.40. The minimum atomic E-state index is -1.17. The van der Waals surface area contributed by atoms with Crippen LogP contribution < -0.4 is 10.6 Å². The molecule has 0 bridgehead atoms. The van der Waals surface area contributed by atoms with Gasteiger partial charge < -0.3 is 15.9 Å². The maximum atomic E-state index is 10.9. The van der Waals surface area contributed by atoms with Crippen molar-refractivity contribution >= 4 is 28.5 Å². The summed E-state index contributed by atoms with van der Waals surface area (Å²) in [5, 5.41) is 19.4. The third kappa shape index (κ3) is 3.17. The number of carboxylic acids is 1. The van der Waals surface area contributed by atoms with E-state index >= 15 is 0 Å². The Bertz CT molecular complexity index is 367. The fourth-order valence-corrected chi connectivity index (χ4v) is 1.68. The van der Waals surface area contributed by atoms with E-state index in [9.17, 15) is 9.59 Å². The number of rotatable bonds is 5. The molecule has 0 aliphatic heterocycles. The Balaban J connectivity index is 2.60. The van der Waals surface area contributed by atoms with E-state index in [1.807, 2.05) is 0 Å². The first-order chi connectivity index (χ1) is 7.52. The van der Waals surface area contributed by atoms with Crippen molar-refractivity contribution in [2.24, 2.45) is 5.73 Å². The average Bonchev–Trinajstić information content (AvgIpc) is 2.70. The van der Waals surface area contributed by atoms with Gasteiger partial charge in [-0.2, -0.15) is 0 Å². The summed E-state index contributed by atoms with van der Waals surface area (Å²) in [5.74, 6) is -1.15. The van der Waals surface area contributed by atoms with Gasteiger partial charge in [0, 0.05) is 18.1 Å². The molecule has 0 aliphatic rings. The molecule has 0 radical (unpaired) electrons. The summed E-state index contributed by atoms with van der Waals surface area (Å²) < 4.78 is 0. The third-order valence-corrected chi connectivity index (χ3v) is 2.66. The molecule has 0 spiro atoms. The zero-order chi connectivity index (χ0) is 12.1. The lowest BCUT2D eigenvalue weighted by Crippen LogP contribution is -2.37. The molecule has 0 saturated carbocycles. The smallest absolute Gasteiger partial charge is 0.413 e. The summed E-state index contributed by atoms with van der Waals surface area (Å²) >= 11 is 1.17. The molecule has 0 fully saturated rings. The van der Waals surface area contributed by atoms with Gasteiger partial charge in [-0.1, -0.05) is 0 Å². The Morgan fingerprint density at radius 1 is 1.56 bits per heavy atom. The standard InChI is InChI=1S/C8H11N3O4S/c9-5(6(12)13)1-3-11(8(14)15)7-10-2-4-16-7/h2,4-5H,1,3,9H2,(H,12,13)(H,14,15)/t5-/m0/s1. The number of aromatic nitrogens is 1. The van der Waals surface area contributed by atoms with E-state index < -0.39 is 18.1 Å². The van der Waals surface area contributed by atoms with E-state index in [1.54, 1.807) is 5.38 Å². The molecule has 16 heavy (non-hydrogen) atoms. The SMILES string of the molecule is N[C@@H](CCN(C(=O)O)c1nccs1)C(=O)O. The zero-order valence-electron chi connectivity index (χ0n) is 8.24. The molecule has 8 heteroatoms. The molecule has 4 N–H and O–H groups in total. The molecule has 1 aromatic rings. The summed E-state index contributed by atoms with van der Waals surface area (Å²) in [4.78, 5) is 26.2. The number of hydrogen-bond acceptors (Lipinski definition) is 5. The van der Waals surface area contributed by atoms with Crippen LogP contribution in [0, 0.1) is 0 Å². The topological polar surface area (TPSA) is 117 Å². The lowest BCUT2D eigenvalue weighted by atomic mass is 10.2. The Hall–Kier alpha value is -1.67. The number of aliphatic carboxylic acids is 1. The van der Waals surface area contributed by atoms with Crippen LogP contribution in [-0.4, -0.2) is 39.8 Å². The van der Waals surface area contributed by atoms with Gasteiger partial charge in [0.15, 0.2) is 5.13 Å². The first kappa shape index (κ1) is 12.4. The van der Waals surface area contributed by atoms with E-state index in [1.165, 1.54) is 17.5 Å². The predicted octanol–water partition coefficient (Wildman–Crippen LogP) is 0.429. The van der Waals surface area contributed by atoms with Gasteiger partial charge in [-0.25, -0.2) is 9.78 Å². The molecular weight excluding hydrogens is 234 g/mol. The number of carbonyl (C=O) groups is 2. The highest BCUT2D eigenvalue weighted by Crippen LogP contribution is 2.17. The molecule has 0 unspecified atom stereocenters. The number of carboxylic acid groups (broad SMARTS) is 2. The van der Waals surface area contributed by atoms with E-state index in [2.05, 4.69) is 4.98 Å². The maximum Gasteiger partial charge on any atom is 0.413 e. The number of nitrogens with two attached hydrogens (primary N) is 1. The summed E-state index contributed by atoms with van der Waals surface area (Å²) in [7, 11) is 0. The predicted molar refractivity (Wildman–Crippen MR) is 57.7 cm³/mol. The van der Waals surface area contributed by atoms with Gasteiger partial charge >= 0.3 is 12.1 Å². The van der Waals surface area contributed by atoms with Crippen LogP contribution in [0.15, 0.2) is 11.6 Å². The quantitative estimate of drug-likeness (QED) is 0.692. The van der Waals surface area contributed by atoms with Crippen LogP contribution in [0.2, 0.25) is 0 Å². The number of nitrogens with zero attached hydrogens (tertiary/aromatic N) is 2. The summed E-state index contributed by atoms with van der Waals surface area (Å²) in [6, 6.07) is -1.07. The molecule has 88 valence electrons. The second-order valence-electron chi connectivity index (χ2n) is 2.98. The van der Waals surface area contributed by atoms with Crippen LogP contribution in [0.4, 0.5) is 9.93 Å². The van der Waals surface area contributed by atoms with Gasteiger partial charge in [-0.15, -0.1) is 11.3 Å². The minimum Gasteiger partial charge on any atom is -0.480 e. The van der Waals surface area contributed by atoms with Crippen molar-refractivity contribution in [1.82, 2.24) is 4.98 Å². The molecular formula is C8H11N3O4S. The van der Waals surface area contributed by atoms with Crippen molar-refractivity contribution in [2.75, 3.05) is 11.4 Å². The Morgan fingerprint density at radius 3 is 2.69 bits per heavy atom. The lowest BCUT2D eigenvalue weighted by Gasteiger charge is -2.16. The zero-order valence-corrected chi connectivity index (χ0v) is 9.05. The molecule has 0 saturated heterocycles. The molecule has 1 aromatic heterocycles. The second kappa shape index (κ2) is 5.42. The van der Waals surface area contributed by atoms with E-state index in [4.69, 9.17) is 15.9 Å². The highest BCUT2D eigenvalue weighted by molar-refractivity contribution is 7.13. The summed E-state index contributed by atoms with van der Waals surface area (Å²) in [6.07, 6.45) is 0.349. The number of anilines is 1. The Kier molecular flexibility index (Phi) is 4.20. The van der Waals surface area contributed by atoms with E-state index in [0.29, 0.717) is 5.13 Å². The molecule has 1 heterocycles. The highest BCUT2D eigenvalue weighted by atomic mass is 32.1. The van der Waals surface area contributed by atoms with Crippen LogP contribution in [0.3, 0.4) is 0 Å². The molecule has 7 nitrogen and oxygen atoms in total. The van der Waals surface area contributed by atoms with Gasteiger partial charge in [0.1, 0.15) is 6.04 Å². The van der Waals surface area contributed by atoms with Crippen LogP contribution in [0.5, 0.6) is 0 Å². The monoisotopic (exact) mass is 245 g/mol. The number of amides is 1. The lowest BCUT2D eigenvalue weighted by molar-refractivity contribution is -0.138. The van der Waals surface area contributed by atoms with Crippen LogP contribution >= 0.6 is 11.3 Å². The van der Waals surface area contributed by atoms with Crippen LogP contribution in [0.1, 0.15) is 6.42 Å². The minimum absolute atomic E-state index is 0.0102. The normalized spacial score (nSPS) is 12.1. The molecule has 1 atom stereocenters.